The highest BCUT2D eigenvalue weighted by molar-refractivity contribution is 6.06. The second-order valence-electron chi connectivity index (χ2n) is 4.97. The molecule has 0 bridgehead atoms. The zero-order valence-electron chi connectivity index (χ0n) is 11.4. The van der Waals surface area contributed by atoms with E-state index in [1.807, 2.05) is 55.5 Å². The summed E-state index contributed by atoms with van der Waals surface area (Å²) in [4.78, 5) is 16.2. The van der Waals surface area contributed by atoms with E-state index in [2.05, 4.69) is 0 Å². The molecule has 4 heteroatoms. The van der Waals surface area contributed by atoms with E-state index in [-0.39, 0.29) is 6.03 Å². The summed E-state index contributed by atoms with van der Waals surface area (Å²) in [5, 5.41) is 0. The van der Waals surface area contributed by atoms with Crippen LogP contribution in [0.25, 0.3) is 0 Å². The highest BCUT2D eigenvalue weighted by Crippen LogP contribution is 2.28. The summed E-state index contributed by atoms with van der Waals surface area (Å²) in [5.41, 5.74) is 9.40. The molecule has 1 heterocycles. The van der Waals surface area contributed by atoms with E-state index in [0.717, 1.165) is 16.9 Å². The Balaban J connectivity index is 1.91. The van der Waals surface area contributed by atoms with Crippen molar-refractivity contribution in [1.82, 2.24) is 0 Å². The van der Waals surface area contributed by atoms with Crippen molar-refractivity contribution in [1.29, 1.82) is 0 Å². The highest BCUT2D eigenvalue weighted by Gasteiger charge is 2.31. The number of urea groups is 1. The van der Waals surface area contributed by atoms with Crippen molar-refractivity contribution < 1.29 is 4.79 Å². The van der Waals surface area contributed by atoms with Gasteiger partial charge in [-0.25, -0.2) is 4.79 Å². The molecular formula is C16H17N3O. The van der Waals surface area contributed by atoms with Gasteiger partial charge in [-0.3, -0.25) is 9.80 Å². The number of aryl methyl sites for hydroxylation is 1. The SMILES string of the molecule is Cc1ccc(N)cc1N1CCN(c2ccccc2)C1=O. The van der Waals surface area contributed by atoms with E-state index in [0.29, 0.717) is 18.8 Å². The van der Waals surface area contributed by atoms with Gasteiger partial charge in [0, 0.05) is 24.5 Å². The number of hydrogen-bond acceptors (Lipinski definition) is 2. The number of para-hydroxylation sites is 1. The normalized spacial score (nSPS) is 14.9. The number of anilines is 3. The molecule has 1 aliphatic heterocycles. The summed E-state index contributed by atoms with van der Waals surface area (Å²) in [5.74, 6) is 0. The van der Waals surface area contributed by atoms with Crippen LogP contribution in [0, 0.1) is 6.92 Å². The number of carbonyl (C=O) groups excluding carboxylic acids is 1. The molecule has 0 aliphatic carbocycles. The van der Waals surface area contributed by atoms with Crippen molar-refractivity contribution in [3.05, 3.63) is 54.1 Å². The topological polar surface area (TPSA) is 49.6 Å². The minimum Gasteiger partial charge on any atom is -0.399 e. The monoisotopic (exact) mass is 267 g/mol. The molecule has 20 heavy (non-hydrogen) atoms. The Morgan fingerprint density at radius 3 is 2.45 bits per heavy atom. The number of carbonyl (C=O) groups is 1. The summed E-state index contributed by atoms with van der Waals surface area (Å²) in [6.45, 7) is 3.36. The fourth-order valence-corrected chi connectivity index (χ4v) is 2.53. The first-order valence-corrected chi connectivity index (χ1v) is 6.67. The van der Waals surface area contributed by atoms with E-state index in [9.17, 15) is 4.79 Å². The maximum absolute atomic E-state index is 12.6. The average Bonchev–Trinajstić information content (AvgIpc) is 2.84. The first-order valence-electron chi connectivity index (χ1n) is 6.67. The standard InChI is InChI=1S/C16H17N3O/c1-12-7-8-13(17)11-15(12)19-10-9-18(16(19)20)14-5-3-2-4-6-14/h2-8,11H,9-10,17H2,1H3. The molecular weight excluding hydrogens is 250 g/mol. The zero-order valence-corrected chi connectivity index (χ0v) is 11.4. The zero-order chi connectivity index (χ0) is 14.1. The Kier molecular flexibility index (Phi) is 3.06. The maximum atomic E-state index is 12.6. The van der Waals surface area contributed by atoms with Crippen molar-refractivity contribution >= 4 is 23.1 Å². The minimum atomic E-state index is 0.00454. The second-order valence-corrected chi connectivity index (χ2v) is 4.97. The number of benzene rings is 2. The Morgan fingerprint density at radius 2 is 1.70 bits per heavy atom. The molecule has 2 aromatic rings. The number of amides is 2. The van der Waals surface area contributed by atoms with Crippen LogP contribution in [0.3, 0.4) is 0 Å². The van der Waals surface area contributed by atoms with E-state index < -0.39 is 0 Å². The smallest absolute Gasteiger partial charge is 0.329 e. The molecule has 0 spiro atoms. The lowest BCUT2D eigenvalue weighted by atomic mass is 10.1. The lowest BCUT2D eigenvalue weighted by Crippen LogP contribution is -2.32. The van der Waals surface area contributed by atoms with Gasteiger partial charge in [-0.1, -0.05) is 24.3 Å². The number of rotatable bonds is 2. The van der Waals surface area contributed by atoms with Crippen LogP contribution < -0.4 is 15.5 Å². The van der Waals surface area contributed by atoms with Gasteiger partial charge in [-0.15, -0.1) is 0 Å². The molecule has 4 nitrogen and oxygen atoms in total. The summed E-state index contributed by atoms with van der Waals surface area (Å²) in [6, 6.07) is 15.4. The molecule has 0 radical (unpaired) electrons. The van der Waals surface area contributed by atoms with Gasteiger partial charge in [-0.2, -0.15) is 0 Å². The van der Waals surface area contributed by atoms with Gasteiger partial charge in [0.25, 0.3) is 0 Å². The molecule has 0 atom stereocenters. The Labute approximate surface area is 118 Å². The molecule has 0 aromatic heterocycles. The van der Waals surface area contributed by atoms with Crippen LogP contribution in [0.5, 0.6) is 0 Å². The predicted octanol–water partition coefficient (Wildman–Crippen LogP) is 3.02. The summed E-state index contributed by atoms with van der Waals surface area (Å²) in [6.07, 6.45) is 0. The van der Waals surface area contributed by atoms with Crippen molar-refractivity contribution in [3.8, 4) is 0 Å². The fraction of sp³-hybridized carbons (Fsp3) is 0.188. The number of nitrogen functional groups attached to an aromatic ring is 1. The Bertz CT molecular complexity index is 639. The molecule has 0 unspecified atom stereocenters. The quantitative estimate of drug-likeness (QED) is 0.850. The van der Waals surface area contributed by atoms with Gasteiger partial charge < -0.3 is 5.73 Å². The molecule has 0 saturated carbocycles. The van der Waals surface area contributed by atoms with Crippen molar-refractivity contribution in [2.24, 2.45) is 0 Å². The average molecular weight is 267 g/mol. The summed E-state index contributed by atoms with van der Waals surface area (Å²) in [7, 11) is 0. The molecule has 2 aromatic carbocycles. The Morgan fingerprint density at radius 1 is 1.00 bits per heavy atom. The molecule has 3 rings (SSSR count). The van der Waals surface area contributed by atoms with Gasteiger partial charge in [0.1, 0.15) is 0 Å². The van der Waals surface area contributed by atoms with E-state index >= 15 is 0 Å². The molecule has 2 N–H and O–H groups in total. The van der Waals surface area contributed by atoms with Crippen LogP contribution in [-0.2, 0) is 0 Å². The molecule has 1 aliphatic rings. The van der Waals surface area contributed by atoms with Crippen molar-refractivity contribution in [3.63, 3.8) is 0 Å². The first-order chi connectivity index (χ1) is 9.66. The Hall–Kier alpha value is -2.49. The molecule has 2 amide bonds. The fourth-order valence-electron chi connectivity index (χ4n) is 2.53. The van der Waals surface area contributed by atoms with Crippen LogP contribution in [0.2, 0.25) is 0 Å². The predicted molar refractivity (Wildman–Crippen MR) is 82.1 cm³/mol. The van der Waals surface area contributed by atoms with Crippen molar-refractivity contribution in [2.45, 2.75) is 6.92 Å². The van der Waals surface area contributed by atoms with E-state index in [1.165, 1.54) is 0 Å². The summed E-state index contributed by atoms with van der Waals surface area (Å²) >= 11 is 0. The van der Waals surface area contributed by atoms with Crippen LogP contribution >= 0.6 is 0 Å². The third kappa shape index (κ3) is 2.09. The second kappa shape index (κ2) is 4.89. The van der Waals surface area contributed by atoms with Gasteiger partial charge >= 0.3 is 6.03 Å². The third-order valence-corrected chi connectivity index (χ3v) is 3.60. The first kappa shape index (κ1) is 12.5. The van der Waals surface area contributed by atoms with Crippen LogP contribution in [0.15, 0.2) is 48.5 Å². The number of nitrogens with two attached hydrogens (primary N) is 1. The third-order valence-electron chi connectivity index (χ3n) is 3.60. The van der Waals surface area contributed by atoms with Gasteiger partial charge in [0.05, 0.1) is 5.69 Å². The van der Waals surface area contributed by atoms with Crippen LogP contribution in [0.4, 0.5) is 21.9 Å². The molecule has 1 saturated heterocycles. The number of nitrogens with zero attached hydrogens (tertiary/aromatic N) is 2. The van der Waals surface area contributed by atoms with Gasteiger partial charge in [0.15, 0.2) is 0 Å². The van der Waals surface area contributed by atoms with Crippen LogP contribution in [0.1, 0.15) is 5.56 Å². The largest absolute Gasteiger partial charge is 0.399 e. The highest BCUT2D eigenvalue weighted by atomic mass is 16.2. The van der Waals surface area contributed by atoms with E-state index in [4.69, 9.17) is 5.73 Å². The minimum absolute atomic E-state index is 0.00454. The lowest BCUT2D eigenvalue weighted by molar-refractivity contribution is 0.256. The maximum Gasteiger partial charge on any atom is 0.329 e. The summed E-state index contributed by atoms with van der Waals surface area (Å²) < 4.78 is 0. The lowest BCUT2D eigenvalue weighted by Gasteiger charge is -2.20. The molecule has 1 fully saturated rings. The van der Waals surface area contributed by atoms with Crippen molar-refractivity contribution in [2.75, 3.05) is 28.6 Å². The van der Waals surface area contributed by atoms with Gasteiger partial charge in [0.2, 0.25) is 0 Å². The van der Waals surface area contributed by atoms with Gasteiger partial charge in [-0.05, 0) is 36.8 Å². The molecule has 102 valence electrons. The van der Waals surface area contributed by atoms with E-state index in [1.54, 1.807) is 9.80 Å². The van der Waals surface area contributed by atoms with Crippen LogP contribution in [-0.4, -0.2) is 19.1 Å². The number of hydrogen-bond donors (Lipinski definition) is 1.